The molecule has 0 heterocycles. The van der Waals surface area contributed by atoms with E-state index in [0.717, 1.165) is 35.2 Å². The molecule has 5 nitrogen and oxygen atoms in total. The molecule has 0 aliphatic rings. The molecule has 2 aromatic rings. The normalized spacial score (nSPS) is 10.3. The van der Waals surface area contributed by atoms with Crippen molar-refractivity contribution in [3.63, 3.8) is 0 Å². The van der Waals surface area contributed by atoms with Crippen LogP contribution < -0.4 is 10.1 Å². The molecule has 5 heteroatoms. The SMILES string of the molecule is CCc1cccc(CC)c1NC(=O)COC(=O)CCOc1cccc(C)c1. The van der Waals surface area contributed by atoms with Gasteiger partial charge in [0, 0.05) is 5.69 Å². The number of carbonyl (C=O) groups excluding carboxylic acids is 2. The smallest absolute Gasteiger partial charge is 0.309 e. The summed E-state index contributed by atoms with van der Waals surface area (Å²) in [5.74, 6) is -0.0837. The van der Waals surface area contributed by atoms with Crippen LogP contribution in [-0.2, 0) is 27.2 Å². The minimum Gasteiger partial charge on any atom is -0.493 e. The Bertz CT molecular complexity index is 763. The van der Waals surface area contributed by atoms with Gasteiger partial charge in [-0.05, 0) is 48.6 Å². The zero-order valence-electron chi connectivity index (χ0n) is 16.2. The number of rotatable bonds is 9. The molecule has 0 radical (unpaired) electrons. The summed E-state index contributed by atoms with van der Waals surface area (Å²) < 4.78 is 10.6. The average molecular weight is 369 g/mol. The highest BCUT2D eigenvalue weighted by atomic mass is 16.5. The molecule has 1 N–H and O–H groups in total. The van der Waals surface area contributed by atoms with Crippen molar-refractivity contribution in [3.8, 4) is 5.75 Å². The van der Waals surface area contributed by atoms with Crippen LogP contribution in [0, 0.1) is 6.92 Å². The van der Waals surface area contributed by atoms with E-state index in [2.05, 4.69) is 5.32 Å². The van der Waals surface area contributed by atoms with E-state index in [9.17, 15) is 9.59 Å². The lowest BCUT2D eigenvalue weighted by Gasteiger charge is -2.14. The van der Waals surface area contributed by atoms with Gasteiger partial charge < -0.3 is 14.8 Å². The van der Waals surface area contributed by atoms with Gasteiger partial charge in [-0.25, -0.2) is 0 Å². The predicted molar refractivity (Wildman–Crippen MR) is 106 cm³/mol. The number of aryl methyl sites for hydroxylation is 3. The lowest BCUT2D eigenvalue weighted by Crippen LogP contribution is -2.23. The van der Waals surface area contributed by atoms with Gasteiger partial charge in [-0.1, -0.05) is 44.2 Å². The number of nitrogens with one attached hydrogen (secondary N) is 1. The van der Waals surface area contributed by atoms with E-state index in [0.29, 0.717) is 5.75 Å². The molecule has 2 rings (SSSR count). The maximum absolute atomic E-state index is 12.2. The van der Waals surface area contributed by atoms with E-state index < -0.39 is 5.97 Å². The Kier molecular flexibility index (Phi) is 7.86. The highest BCUT2D eigenvalue weighted by Gasteiger charge is 2.12. The highest BCUT2D eigenvalue weighted by molar-refractivity contribution is 5.94. The fourth-order valence-corrected chi connectivity index (χ4v) is 2.75. The molecule has 0 aromatic heterocycles. The lowest BCUT2D eigenvalue weighted by atomic mass is 10.0. The molecular weight excluding hydrogens is 342 g/mol. The molecule has 1 amide bonds. The van der Waals surface area contributed by atoms with E-state index in [4.69, 9.17) is 9.47 Å². The second-order valence-electron chi connectivity index (χ2n) is 6.28. The minimum absolute atomic E-state index is 0.0903. The second-order valence-corrected chi connectivity index (χ2v) is 6.28. The van der Waals surface area contributed by atoms with Crippen LogP contribution in [0.2, 0.25) is 0 Å². The van der Waals surface area contributed by atoms with Gasteiger partial charge in [0.1, 0.15) is 5.75 Å². The van der Waals surface area contributed by atoms with Gasteiger partial charge in [0.25, 0.3) is 5.91 Å². The van der Waals surface area contributed by atoms with Gasteiger partial charge in [0.2, 0.25) is 0 Å². The van der Waals surface area contributed by atoms with Gasteiger partial charge in [-0.15, -0.1) is 0 Å². The van der Waals surface area contributed by atoms with Crippen LogP contribution in [0.15, 0.2) is 42.5 Å². The molecule has 144 valence electrons. The summed E-state index contributed by atoms with van der Waals surface area (Å²) in [6, 6.07) is 13.6. The lowest BCUT2D eigenvalue weighted by molar-refractivity contribution is -0.147. The summed E-state index contributed by atoms with van der Waals surface area (Å²) in [5, 5.41) is 2.88. The summed E-state index contributed by atoms with van der Waals surface area (Å²) >= 11 is 0. The maximum atomic E-state index is 12.2. The quantitative estimate of drug-likeness (QED) is 0.677. The van der Waals surface area contributed by atoms with Gasteiger partial charge in [-0.3, -0.25) is 9.59 Å². The van der Waals surface area contributed by atoms with Gasteiger partial charge in [0.15, 0.2) is 6.61 Å². The Morgan fingerprint density at radius 2 is 1.67 bits per heavy atom. The summed E-state index contributed by atoms with van der Waals surface area (Å²) in [5.41, 5.74) is 4.05. The molecule has 0 aliphatic carbocycles. The predicted octanol–water partition coefficient (Wildman–Crippen LogP) is 4.07. The summed E-state index contributed by atoms with van der Waals surface area (Å²) in [4.78, 5) is 24.0. The number of para-hydroxylation sites is 1. The molecule has 27 heavy (non-hydrogen) atoms. The number of hydrogen-bond donors (Lipinski definition) is 1. The van der Waals surface area contributed by atoms with E-state index in [1.54, 1.807) is 0 Å². The Balaban J connectivity index is 1.77. The standard InChI is InChI=1S/C22H27NO4/c1-4-17-9-7-10-18(5-2)22(17)23-20(24)15-27-21(25)12-13-26-19-11-6-8-16(3)14-19/h6-11,14H,4-5,12-13,15H2,1-3H3,(H,23,24). The van der Waals surface area contributed by atoms with Crippen molar-refractivity contribution in [3.05, 3.63) is 59.2 Å². The number of hydrogen-bond acceptors (Lipinski definition) is 4. The molecule has 0 bridgehead atoms. The fourth-order valence-electron chi connectivity index (χ4n) is 2.75. The topological polar surface area (TPSA) is 64.6 Å². The monoisotopic (exact) mass is 369 g/mol. The number of anilines is 1. The van der Waals surface area contributed by atoms with Crippen molar-refractivity contribution in [2.45, 2.75) is 40.0 Å². The molecule has 0 saturated heterocycles. The molecule has 0 fully saturated rings. The molecular formula is C22H27NO4. The minimum atomic E-state index is -0.461. The van der Waals surface area contributed by atoms with Crippen molar-refractivity contribution in [1.82, 2.24) is 0 Å². The van der Waals surface area contributed by atoms with Crippen molar-refractivity contribution in [1.29, 1.82) is 0 Å². The average Bonchev–Trinajstić information content (AvgIpc) is 2.66. The van der Waals surface area contributed by atoms with E-state index >= 15 is 0 Å². The first kappa shape index (κ1) is 20.5. The van der Waals surface area contributed by atoms with Crippen LogP contribution in [0.3, 0.4) is 0 Å². The first-order valence-corrected chi connectivity index (χ1v) is 9.29. The number of benzene rings is 2. The van der Waals surface area contributed by atoms with Crippen LogP contribution in [-0.4, -0.2) is 25.1 Å². The zero-order chi connectivity index (χ0) is 19.6. The van der Waals surface area contributed by atoms with Crippen LogP contribution in [0.4, 0.5) is 5.69 Å². The Labute approximate surface area is 160 Å². The third-order valence-electron chi connectivity index (χ3n) is 4.19. The van der Waals surface area contributed by atoms with Gasteiger partial charge in [-0.2, -0.15) is 0 Å². The van der Waals surface area contributed by atoms with Crippen molar-refractivity contribution in [2.24, 2.45) is 0 Å². The number of carbonyl (C=O) groups is 2. The second kappa shape index (κ2) is 10.4. The fraction of sp³-hybridized carbons (Fsp3) is 0.364. The van der Waals surface area contributed by atoms with Crippen molar-refractivity contribution in [2.75, 3.05) is 18.5 Å². The number of esters is 1. The zero-order valence-corrected chi connectivity index (χ0v) is 16.2. The summed E-state index contributed by atoms with van der Waals surface area (Å²) in [6.07, 6.45) is 1.73. The van der Waals surface area contributed by atoms with E-state index in [-0.39, 0.29) is 25.5 Å². The molecule has 0 unspecified atom stereocenters. The maximum Gasteiger partial charge on any atom is 0.309 e. The van der Waals surface area contributed by atoms with Gasteiger partial charge >= 0.3 is 5.97 Å². The third-order valence-corrected chi connectivity index (χ3v) is 4.19. The Hall–Kier alpha value is -2.82. The molecule has 0 spiro atoms. The Morgan fingerprint density at radius 3 is 2.30 bits per heavy atom. The number of ether oxygens (including phenoxy) is 2. The molecule has 0 aliphatic heterocycles. The first-order valence-electron chi connectivity index (χ1n) is 9.29. The van der Waals surface area contributed by atoms with Crippen LogP contribution in [0.5, 0.6) is 5.75 Å². The highest BCUT2D eigenvalue weighted by Crippen LogP contribution is 2.22. The Morgan fingerprint density at radius 1 is 1.00 bits per heavy atom. The molecule has 0 saturated carbocycles. The van der Waals surface area contributed by atoms with Crippen molar-refractivity contribution >= 4 is 17.6 Å². The van der Waals surface area contributed by atoms with Gasteiger partial charge in [0.05, 0.1) is 13.0 Å². The van der Waals surface area contributed by atoms with Crippen LogP contribution >= 0.6 is 0 Å². The van der Waals surface area contributed by atoms with E-state index in [1.807, 2.05) is 63.2 Å². The van der Waals surface area contributed by atoms with Crippen molar-refractivity contribution < 1.29 is 19.1 Å². The third kappa shape index (κ3) is 6.44. The summed E-state index contributed by atoms with van der Waals surface area (Å²) in [7, 11) is 0. The molecule has 0 atom stereocenters. The largest absolute Gasteiger partial charge is 0.493 e. The first-order chi connectivity index (χ1) is 13.0. The van der Waals surface area contributed by atoms with E-state index in [1.165, 1.54) is 0 Å². The van der Waals surface area contributed by atoms with Crippen LogP contribution in [0.1, 0.15) is 37.0 Å². The number of amides is 1. The molecule has 2 aromatic carbocycles. The summed E-state index contributed by atoms with van der Waals surface area (Å²) in [6.45, 7) is 5.96. The van der Waals surface area contributed by atoms with Crippen LogP contribution in [0.25, 0.3) is 0 Å².